The third-order valence-corrected chi connectivity index (χ3v) is 13.4. The van der Waals surface area contributed by atoms with Crippen molar-refractivity contribution in [2.24, 2.45) is 0 Å². The van der Waals surface area contributed by atoms with E-state index in [4.69, 9.17) is 33.4 Å². The smallest absolute Gasteiger partial charge is 0.242 e. The summed E-state index contributed by atoms with van der Waals surface area (Å²) < 4.78 is 3.20. The van der Waals surface area contributed by atoms with Crippen LogP contribution in [0.1, 0.15) is 50.6 Å². The van der Waals surface area contributed by atoms with Gasteiger partial charge in [0, 0.05) is 46.4 Å². The number of carbonyl (C=O) groups excluding carboxylic acids is 2. The highest BCUT2D eigenvalue weighted by Gasteiger charge is 2.34. The first-order valence-corrected chi connectivity index (χ1v) is 22.3. The maximum Gasteiger partial charge on any atom is 0.242 e. The highest BCUT2D eigenvalue weighted by molar-refractivity contribution is 6.39. The van der Waals surface area contributed by atoms with E-state index in [1.807, 2.05) is 103 Å². The van der Waals surface area contributed by atoms with Crippen molar-refractivity contribution >= 4 is 57.1 Å². The lowest BCUT2D eigenvalue weighted by Crippen LogP contribution is -2.51. The lowest BCUT2D eigenvalue weighted by atomic mass is 9.78. The zero-order valence-corrected chi connectivity index (χ0v) is 36.9. The van der Waals surface area contributed by atoms with E-state index >= 15 is 0 Å². The summed E-state index contributed by atoms with van der Waals surface area (Å²) in [5, 5.41) is 36.6. The first-order chi connectivity index (χ1) is 31.1. The fraction of sp³-hybridized carbons (Fsp3) is 0.265. The summed E-state index contributed by atoms with van der Waals surface area (Å²) in [6.45, 7) is 2.80. The summed E-state index contributed by atoms with van der Waals surface area (Å²) >= 11 is 14.3. The van der Waals surface area contributed by atoms with E-state index in [1.54, 1.807) is 9.36 Å². The maximum atomic E-state index is 13.9. The van der Waals surface area contributed by atoms with E-state index < -0.39 is 0 Å². The van der Waals surface area contributed by atoms with Crippen LogP contribution in [0, 0.1) is 0 Å². The lowest BCUT2D eigenvalue weighted by molar-refractivity contribution is -0.124. The van der Waals surface area contributed by atoms with Crippen LogP contribution in [-0.4, -0.2) is 81.8 Å². The van der Waals surface area contributed by atoms with Crippen molar-refractivity contribution in [1.29, 1.82) is 0 Å². The van der Waals surface area contributed by atoms with Crippen LogP contribution in [0.25, 0.3) is 67.1 Å². The van der Waals surface area contributed by atoms with Crippen molar-refractivity contribution in [1.82, 2.24) is 55.5 Å². The zero-order valence-electron chi connectivity index (χ0n) is 35.4. The molecule has 1 saturated carbocycles. The molecule has 4 aromatic heterocycles. The Morgan fingerprint density at radius 2 is 1.11 bits per heavy atom. The Morgan fingerprint density at radius 1 is 0.641 bits per heavy atom. The highest BCUT2D eigenvalue weighted by atomic mass is 35.5. The number of nitrogens with zero attached hydrogens (tertiary/aromatic N) is 9. The monoisotopic (exact) mass is 889 g/mol. The van der Waals surface area contributed by atoms with Gasteiger partial charge in [0.2, 0.25) is 11.8 Å². The second-order valence-electron chi connectivity index (χ2n) is 17.1. The van der Waals surface area contributed by atoms with Gasteiger partial charge in [-0.3, -0.25) is 14.5 Å². The molecule has 2 fully saturated rings. The number of nitrogens with one attached hydrogen (secondary N) is 2. The molecule has 10 rings (SSSR count). The molecule has 2 atom stereocenters. The van der Waals surface area contributed by atoms with Crippen LogP contribution in [0.15, 0.2) is 115 Å². The van der Waals surface area contributed by atoms with E-state index in [0.717, 1.165) is 60.0 Å². The second-order valence-corrected chi connectivity index (χ2v) is 17.9. The van der Waals surface area contributed by atoms with Gasteiger partial charge in [-0.15, -0.1) is 20.4 Å². The fourth-order valence-corrected chi connectivity index (χ4v) is 9.68. The Hall–Kier alpha value is -6.54. The van der Waals surface area contributed by atoms with Gasteiger partial charge in [-0.1, -0.05) is 138 Å². The van der Waals surface area contributed by atoms with E-state index in [0.29, 0.717) is 61.3 Å². The number of fused-ring (bicyclic) bond motifs is 2. The molecule has 15 heteroatoms. The number of halogens is 2. The van der Waals surface area contributed by atoms with E-state index in [-0.39, 0.29) is 42.5 Å². The normalized spacial score (nSPS) is 17.3. The van der Waals surface area contributed by atoms with Crippen LogP contribution >= 0.6 is 23.2 Å². The average molecular weight is 891 g/mol. The molecule has 64 heavy (non-hydrogen) atoms. The molecule has 1 aliphatic carbocycles. The molecule has 0 radical (unpaired) electrons. The molecule has 1 saturated heterocycles. The zero-order chi connectivity index (χ0) is 44.0. The Kier molecular flexibility index (Phi) is 11.1. The summed E-state index contributed by atoms with van der Waals surface area (Å²) in [5.74, 6) is -0.309. The van der Waals surface area contributed by atoms with Crippen molar-refractivity contribution in [3.05, 3.63) is 131 Å². The number of likely N-dealkylation sites (tertiary alicyclic amines) is 1. The molecule has 8 aromatic rings. The number of hydrogen-bond donors (Lipinski definition) is 2. The molecule has 1 aliphatic heterocycles. The topological polar surface area (TPSA) is 149 Å². The lowest BCUT2D eigenvalue weighted by Gasteiger charge is -2.39. The van der Waals surface area contributed by atoms with E-state index in [2.05, 4.69) is 62.0 Å². The third kappa shape index (κ3) is 7.99. The first-order valence-electron chi connectivity index (χ1n) is 21.5. The van der Waals surface area contributed by atoms with Crippen molar-refractivity contribution in [3.63, 3.8) is 0 Å². The van der Waals surface area contributed by atoms with Gasteiger partial charge in [-0.2, -0.15) is 10.2 Å². The van der Waals surface area contributed by atoms with Crippen LogP contribution in [0.4, 0.5) is 0 Å². The molecule has 0 bridgehead atoms. The Labute approximate surface area is 379 Å². The van der Waals surface area contributed by atoms with Crippen molar-refractivity contribution < 1.29 is 9.59 Å². The van der Waals surface area contributed by atoms with Crippen LogP contribution in [0.2, 0.25) is 10.0 Å². The van der Waals surface area contributed by atoms with E-state index in [1.165, 1.54) is 0 Å². The van der Waals surface area contributed by atoms with Crippen LogP contribution < -0.4 is 10.6 Å². The van der Waals surface area contributed by atoms with Crippen LogP contribution in [0.5, 0.6) is 0 Å². The second kappa shape index (κ2) is 17.2. The molecule has 2 aliphatic rings. The van der Waals surface area contributed by atoms with Gasteiger partial charge >= 0.3 is 0 Å². The fourth-order valence-electron chi connectivity index (χ4n) is 9.04. The van der Waals surface area contributed by atoms with Gasteiger partial charge in [-0.25, -0.2) is 9.36 Å². The summed E-state index contributed by atoms with van der Waals surface area (Å²) in [5.41, 5.74) is 7.50. The summed E-state index contributed by atoms with van der Waals surface area (Å²) in [7, 11) is 2.11. The van der Waals surface area contributed by atoms with Crippen molar-refractivity contribution in [2.45, 2.75) is 69.7 Å². The summed E-state index contributed by atoms with van der Waals surface area (Å²) in [6, 6.07) is 37.4. The highest BCUT2D eigenvalue weighted by Crippen LogP contribution is 2.40. The molecular formula is C49H45Cl2N11O2. The Bertz CT molecular complexity index is 3010. The van der Waals surface area contributed by atoms with Crippen molar-refractivity contribution in [3.8, 4) is 45.0 Å². The van der Waals surface area contributed by atoms with Gasteiger partial charge in [0.25, 0.3) is 0 Å². The van der Waals surface area contributed by atoms with Crippen molar-refractivity contribution in [2.75, 3.05) is 13.6 Å². The molecule has 322 valence electrons. The molecule has 2 unspecified atom stereocenters. The van der Waals surface area contributed by atoms with Gasteiger partial charge in [0.15, 0.2) is 11.3 Å². The number of benzene rings is 4. The van der Waals surface area contributed by atoms with Crippen LogP contribution in [-0.2, 0) is 22.7 Å². The van der Waals surface area contributed by atoms with Gasteiger partial charge in [-0.05, 0) is 51.6 Å². The summed E-state index contributed by atoms with van der Waals surface area (Å²) in [4.78, 5) is 29.5. The number of aromatic nitrogens is 8. The molecular weight excluding hydrogens is 846 g/mol. The number of piperidine rings is 1. The molecule has 13 nitrogen and oxygen atoms in total. The Morgan fingerprint density at radius 3 is 1.59 bits per heavy atom. The van der Waals surface area contributed by atoms with Gasteiger partial charge in [0.05, 0.1) is 20.8 Å². The largest absolute Gasteiger partial charge is 0.352 e. The predicted molar refractivity (Wildman–Crippen MR) is 249 cm³/mol. The number of carbonyl (C=O) groups is 2. The van der Waals surface area contributed by atoms with Gasteiger partial charge in [0.1, 0.15) is 35.9 Å². The van der Waals surface area contributed by atoms with E-state index in [9.17, 15) is 9.59 Å². The molecule has 2 amide bonds. The SMILES string of the molecule is CN1CCC(NC(=O)Cn2nc(-c3ccccc3)c3c(Cl)c(-c4ccccc4)nnc32)CC1c1ccc(-c2nn(CC(=O)NC3(C)CCC3)c3nnc(-c4ccccc4)c(Cl)c23)cc1. The minimum Gasteiger partial charge on any atom is -0.352 e. The average Bonchev–Trinajstić information content (AvgIpc) is 3.86. The number of hydrogen-bond acceptors (Lipinski definition) is 9. The minimum atomic E-state index is -0.199. The number of rotatable bonds is 11. The number of amides is 2. The maximum absolute atomic E-state index is 13.9. The molecule has 0 spiro atoms. The third-order valence-electron chi connectivity index (χ3n) is 12.6. The standard InChI is InChI=1S/C49H45Cl2N11O2/c1-49(24-12-25-49)53-38(64)29-62-48-40(42(51)46(55-57-48)33-17-10-5-11-18-33)44(59-62)34-21-19-30(20-22-34)36-27-35(23-26-60(36)2)52-37(63)28-61-47-39(43(58-61)31-13-6-3-7-14-31)41(50)45(54-56-47)32-15-8-4-9-16-32/h3-11,13-22,35-36H,12,23-29H2,1-2H3,(H,52,63)(H,53,64). The quantitative estimate of drug-likeness (QED) is 0.130. The predicted octanol–water partition coefficient (Wildman–Crippen LogP) is 8.95. The van der Waals surface area contributed by atoms with Crippen LogP contribution in [0.3, 0.4) is 0 Å². The molecule has 5 heterocycles. The molecule has 2 N–H and O–H groups in total. The molecule has 4 aromatic carbocycles. The van der Waals surface area contributed by atoms with Gasteiger partial charge < -0.3 is 10.6 Å². The minimum absolute atomic E-state index is 0.0129. The first kappa shape index (κ1) is 41.5. The Balaban J connectivity index is 0.894. The summed E-state index contributed by atoms with van der Waals surface area (Å²) in [6.07, 6.45) is 4.49.